The second kappa shape index (κ2) is 7.69. The van der Waals surface area contributed by atoms with E-state index < -0.39 is 0 Å². The second-order valence-corrected chi connectivity index (χ2v) is 9.53. The molecule has 4 heterocycles. The number of aryl methyl sites for hydroxylation is 1. The zero-order valence-corrected chi connectivity index (χ0v) is 18.1. The third-order valence-corrected chi connectivity index (χ3v) is 7.08. The molecular formula is C25H31N3O2. The van der Waals surface area contributed by atoms with Gasteiger partial charge in [-0.3, -0.25) is 14.5 Å². The van der Waals surface area contributed by atoms with Crippen molar-refractivity contribution in [3.63, 3.8) is 0 Å². The molecule has 3 aliphatic heterocycles. The standard InChI is InChI=1S/C25H31N3O2/c1-17-7-19(13-26-5-3-4-6-26)9-21(8-17)22-11-24-23-10-20(14-27(16-23)18(2)29)15-28(24)25(30)12-22/h7-9,11-12,20,23H,3-6,10,13-16H2,1-2H3/t20-,23+/m0/s1. The third kappa shape index (κ3) is 3.71. The largest absolute Gasteiger partial charge is 0.342 e. The van der Waals surface area contributed by atoms with Crippen molar-refractivity contribution >= 4 is 5.91 Å². The first-order valence-corrected chi connectivity index (χ1v) is 11.3. The summed E-state index contributed by atoms with van der Waals surface area (Å²) < 4.78 is 1.96. The van der Waals surface area contributed by atoms with Crippen LogP contribution in [0.15, 0.2) is 35.1 Å². The monoisotopic (exact) mass is 405 g/mol. The number of likely N-dealkylation sites (tertiary alicyclic amines) is 2. The smallest absolute Gasteiger partial charge is 0.251 e. The van der Waals surface area contributed by atoms with Gasteiger partial charge in [-0.2, -0.15) is 0 Å². The Morgan fingerprint density at radius 3 is 2.53 bits per heavy atom. The summed E-state index contributed by atoms with van der Waals surface area (Å²) >= 11 is 0. The van der Waals surface area contributed by atoms with E-state index in [0.717, 1.165) is 49.4 Å². The molecule has 0 radical (unpaired) electrons. The Balaban J connectivity index is 1.50. The Bertz CT molecular complexity index is 1040. The molecule has 1 aromatic heterocycles. The van der Waals surface area contributed by atoms with Crippen molar-refractivity contribution in [2.24, 2.45) is 5.92 Å². The molecule has 0 spiro atoms. The molecule has 158 valence electrons. The second-order valence-electron chi connectivity index (χ2n) is 9.53. The van der Waals surface area contributed by atoms with Crippen LogP contribution >= 0.6 is 0 Å². The average Bonchev–Trinajstić information content (AvgIpc) is 3.21. The fourth-order valence-corrected chi connectivity index (χ4v) is 5.70. The van der Waals surface area contributed by atoms with Crippen molar-refractivity contribution in [2.45, 2.75) is 52.1 Å². The molecule has 2 saturated heterocycles. The number of fused-ring (bicyclic) bond motifs is 4. The van der Waals surface area contributed by atoms with Crippen LogP contribution in [0.2, 0.25) is 0 Å². The molecule has 3 aliphatic rings. The minimum atomic E-state index is 0.0936. The molecule has 0 N–H and O–H groups in total. The summed E-state index contributed by atoms with van der Waals surface area (Å²) in [6, 6.07) is 10.7. The highest BCUT2D eigenvalue weighted by Gasteiger charge is 2.35. The predicted molar refractivity (Wildman–Crippen MR) is 118 cm³/mol. The maximum atomic E-state index is 13.0. The van der Waals surface area contributed by atoms with Gasteiger partial charge >= 0.3 is 0 Å². The van der Waals surface area contributed by atoms with E-state index in [9.17, 15) is 9.59 Å². The fraction of sp³-hybridized carbons (Fsp3) is 0.520. The van der Waals surface area contributed by atoms with E-state index in [1.54, 1.807) is 6.92 Å². The van der Waals surface area contributed by atoms with Gasteiger partial charge in [-0.15, -0.1) is 0 Å². The number of hydrogen-bond donors (Lipinski definition) is 0. The molecule has 5 rings (SSSR count). The van der Waals surface area contributed by atoms with Crippen LogP contribution in [0.25, 0.3) is 11.1 Å². The number of piperidine rings is 1. The maximum Gasteiger partial charge on any atom is 0.251 e. The maximum absolute atomic E-state index is 13.0. The van der Waals surface area contributed by atoms with E-state index in [0.29, 0.717) is 5.92 Å². The molecule has 2 bridgehead atoms. The Morgan fingerprint density at radius 1 is 1.00 bits per heavy atom. The quantitative estimate of drug-likeness (QED) is 0.786. The number of carbonyl (C=O) groups excluding carboxylic acids is 1. The highest BCUT2D eigenvalue weighted by molar-refractivity contribution is 5.73. The molecule has 0 unspecified atom stereocenters. The van der Waals surface area contributed by atoms with Gasteiger partial charge in [0, 0.05) is 50.8 Å². The minimum absolute atomic E-state index is 0.0936. The fourth-order valence-electron chi connectivity index (χ4n) is 5.70. The van der Waals surface area contributed by atoms with E-state index >= 15 is 0 Å². The molecule has 2 atom stereocenters. The molecule has 2 aromatic rings. The van der Waals surface area contributed by atoms with Gasteiger partial charge in [0.25, 0.3) is 5.56 Å². The Hall–Kier alpha value is -2.40. The number of benzene rings is 1. The molecule has 0 saturated carbocycles. The van der Waals surface area contributed by atoms with E-state index in [1.165, 1.54) is 37.1 Å². The number of aromatic nitrogens is 1. The molecular weight excluding hydrogens is 374 g/mol. The summed E-state index contributed by atoms with van der Waals surface area (Å²) in [7, 11) is 0. The molecule has 2 fully saturated rings. The van der Waals surface area contributed by atoms with Crippen LogP contribution in [0.4, 0.5) is 0 Å². The van der Waals surface area contributed by atoms with Crippen LogP contribution in [-0.4, -0.2) is 46.5 Å². The topological polar surface area (TPSA) is 45.6 Å². The lowest BCUT2D eigenvalue weighted by molar-refractivity contribution is -0.131. The zero-order valence-electron chi connectivity index (χ0n) is 18.1. The number of hydrogen-bond acceptors (Lipinski definition) is 3. The summed E-state index contributed by atoms with van der Waals surface area (Å²) in [6.07, 6.45) is 3.65. The van der Waals surface area contributed by atoms with Crippen molar-refractivity contribution in [1.29, 1.82) is 0 Å². The van der Waals surface area contributed by atoms with Crippen LogP contribution in [0, 0.1) is 12.8 Å². The molecule has 1 aromatic carbocycles. The molecule has 5 heteroatoms. The summed E-state index contributed by atoms with van der Waals surface area (Å²) in [6.45, 7) is 9.36. The van der Waals surface area contributed by atoms with Gasteiger partial charge in [0.1, 0.15) is 0 Å². The first kappa shape index (κ1) is 19.6. The van der Waals surface area contributed by atoms with Crippen molar-refractivity contribution in [3.05, 3.63) is 57.5 Å². The summed E-state index contributed by atoms with van der Waals surface area (Å²) in [5.74, 6) is 0.777. The van der Waals surface area contributed by atoms with Crippen LogP contribution in [0.3, 0.4) is 0 Å². The van der Waals surface area contributed by atoms with Gasteiger partial charge in [-0.05, 0) is 74.0 Å². The van der Waals surface area contributed by atoms with Crippen molar-refractivity contribution < 1.29 is 4.79 Å². The van der Waals surface area contributed by atoms with Gasteiger partial charge < -0.3 is 9.47 Å². The van der Waals surface area contributed by atoms with Crippen LogP contribution in [0.5, 0.6) is 0 Å². The molecule has 1 amide bonds. The lowest BCUT2D eigenvalue weighted by atomic mass is 9.82. The van der Waals surface area contributed by atoms with Gasteiger partial charge in [0.15, 0.2) is 0 Å². The minimum Gasteiger partial charge on any atom is -0.342 e. The van der Waals surface area contributed by atoms with Crippen molar-refractivity contribution in [2.75, 3.05) is 26.2 Å². The van der Waals surface area contributed by atoms with Crippen molar-refractivity contribution in [1.82, 2.24) is 14.4 Å². The summed E-state index contributed by atoms with van der Waals surface area (Å²) in [5.41, 5.74) is 5.89. The average molecular weight is 406 g/mol. The lowest BCUT2D eigenvalue weighted by Crippen LogP contribution is -2.48. The predicted octanol–water partition coefficient (Wildman–Crippen LogP) is 3.39. The summed E-state index contributed by atoms with van der Waals surface area (Å²) in [4.78, 5) is 29.5. The number of nitrogens with zero attached hydrogens (tertiary/aromatic N) is 3. The van der Waals surface area contributed by atoms with Gasteiger partial charge in [0.2, 0.25) is 5.91 Å². The number of carbonyl (C=O) groups is 1. The highest BCUT2D eigenvalue weighted by Crippen LogP contribution is 2.36. The van der Waals surface area contributed by atoms with Gasteiger partial charge in [0.05, 0.1) is 0 Å². The lowest BCUT2D eigenvalue weighted by Gasteiger charge is -2.42. The van der Waals surface area contributed by atoms with Crippen molar-refractivity contribution in [3.8, 4) is 11.1 Å². The first-order chi connectivity index (χ1) is 14.5. The van der Waals surface area contributed by atoms with Crippen LogP contribution in [0.1, 0.15) is 48.9 Å². The Labute approximate surface area is 178 Å². The normalized spacial score (nSPS) is 23.5. The molecule has 0 aliphatic carbocycles. The third-order valence-electron chi connectivity index (χ3n) is 7.08. The first-order valence-electron chi connectivity index (χ1n) is 11.3. The van der Waals surface area contributed by atoms with E-state index in [-0.39, 0.29) is 17.4 Å². The number of pyridine rings is 1. The van der Waals surface area contributed by atoms with Crippen LogP contribution in [-0.2, 0) is 17.9 Å². The van der Waals surface area contributed by atoms with Gasteiger partial charge in [-0.25, -0.2) is 0 Å². The van der Waals surface area contributed by atoms with E-state index in [4.69, 9.17) is 0 Å². The molecule has 30 heavy (non-hydrogen) atoms. The Morgan fingerprint density at radius 2 is 1.77 bits per heavy atom. The van der Waals surface area contributed by atoms with E-state index in [2.05, 4.69) is 36.1 Å². The SMILES string of the molecule is CC(=O)N1C[C@@H]2C[C@H](C1)c1cc(-c3cc(C)cc(CN4CCCC4)c3)cc(=O)n1C2. The molecule has 5 nitrogen and oxygen atoms in total. The Kier molecular flexibility index (Phi) is 5.02. The van der Waals surface area contributed by atoms with Crippen LogP contribution < -0.4 is 5.56 Å². The number of amides is 1. The number of rotatable bonds is 3. The summed E-state index contributed by atoms with van der Waals surface area (Å²) in [5, 5.41) is 0. The van der Waals surface area contributed by atoms with Gasteiger partial charge in [-0.1, -0.05) is 17.7 Å². The zero-order chi connectivity index (χ0) is 20.8. The highest BCUT2D eigenvalue weighted by atomic mass is 16.2. The van der Waals surface area contributed by atoms with E-state index in [1.807, 2.05) is 15.5 Å².